The fraction of sp³-hybridized carbons (Fsp3) is 0.500. The molecule has 3 nitrogen and oxygen atoms in total. The first-order valence-electron chi connectivity index (χ1n) is 5.50. The van der Waals surface area contributed by atoms with Crippen molar-refractivity contribution in [2.24, 2.45) is 0 Å². The number of rotatable bonds is 5. The van der Waals surface area contributed by atoms with Crippen molar-refractivity contribution in [1.82, 2.24) is 5.48 Å². The second-order valence-electron chi connectivity index (χ2n) is 3.95. The molecule has 0 atom stereocenters. The van der Waals surface area contributed by atoms with Crippen LogP contribution in [0.5, 0.6) is 5.75 Å². The van der Waals surface area contributed by atoms with Gasteiger partial charge in [0.15, 0.2) is 0 Å². The summed E-state index contributed by atoms with van der Waals surface area (Å²) >= 11 is 3.46. The largest absolute Gasteiger partial charge is 0.490 e. The summed E-state index contributed by atoms with van der Waals surface area (Å²) in [5, 5.41) is 0. The van der Waals surface area contributed by atoms with E-state index in [0.717, 1.165) is 15.8 Å². The summed E-state index contributed by atoms with van der Waals surface area (Å²) in [6, 6.07) is 6.07. The maximum absolute atomic E-state index is 5.92. The highest BCUT2D eigenvalue weighted by Crippen LogP contribution is 2.29. The van der Waals surface area contributed by atoms with E-state index in [1.165, 1.54) is 19.3 Å². The Hall–Kier alpha value is -0.580. The first kappa shape index (κ1) is 11.9. The highest BCUT2D eigenvalue weighted by Gasteiger charge is 2.20. The van der Waals surface area contributed by atoms with Crippen LogP contribution in [0.4, 0.5) is 0 Å². The summed E-state index contributed by atoms with van der Waals surface area (Å²) in [6.45, 7) is 0.651. The van der Waals surface area contributed by atoms with Crippen LogP contribution in [0.25, 0.3) is 0 Å². The average Bonchev–Trinajstić information content (AvgIpc) is 2.22. The zero-order chi connectivity index (χ0) is 11.4. The molecule has 1 aliphatic rings. The summed E-state index contributed by atoms with van der Waals surface area (Å²) in [5.41, 5.74) is 3.95. The fourth-order valence-corrected chi connectivity index (χ4v) is 2.03. The van der Waals surface area contributed by atoms with Gasteiger partial charge in [-0.2, -0.15) is 5.48 Å². The lowest BCUT2D eigenvalue weighted by atomic mass is 9.96. The normalized spacial score (nSPS) is 15.9. The van der Waals surface area contributed by atoms with Crippen LogP contribution in [0.3, 0.4) is 0 Å². The van der Waals surface area contributed by atoms with Gasteiger partial charge < -0.3 is 9.57 Å². The lowest BCUT2D eigenvalue weighted by Crippen LogP contribution is -2.25. The second-order valence-corrected chi connectivity index (χ2v) is 4.86. The van der Waals surface area contributed by atoms with Crippen LogP contribution < -0.4 is 10.2 Å². The van der Waals surface area contributed by atoms with E-state index >= 15 is 0 Å². The predicted molar refractivity (Wildman–Crippen MR) is 66.3 cm³/mol. The van der Waals surface area contributed by atoms with Crippen molar-refractivity contribution in [2.75, 3.05) is 7.11 Å². The van der Waals surface area contributed by atoms with Crippen molar-refractivity contribution in [3.63, 3.8) is 0 Å². The van der Waals surface area contributed by atoms with Gasteiger partial charge in [-0.25, -0.2) is 0 Å². The van der Waals surface area contributed by atoms with E-state index in [4.69, 9.17) is 9.57 Å². The number of nitrogens with one attached hydrogen (secondary N) is 1. The fourth-order valence-electron chi connectivity index (χ4n) is 1.62. The second kappa shape index (κ2) is 5.66. The molecular weight excluding hydrogens is 270 g/mol. The first-order chi connectivity index (χ1) is 7.79. The summed E-state index contributed by atoms with van der Waals surface area (Å²) in [4.78, 5) is 4.87. The molecule has 0 spiro atoms. The molecule has 2 rings (SSSR count). The molecule has 4 heteroatoms. The molecule has 1 fully saturated rings. The quantitative estimate of drug-likeness (QED) is 0.844. The zero-order valence-corrected chi connectivity index (χ0v) is 10.9. The molecule has 0 unspecified atom stereocenters. The van der Waals surface area contributed by atoms with Crippen molar-refractivity contribution in [1.29, 1.82) is 0 Å². The van der Waals surface area contributed by atoms with Gasteiger partial charge in [0, 0.05) is 16.6 Å². The van der Waals surface area contributed by atoms with Crippen molar-refractivity contribution in [3.8, 4) is 5.75 Å². The predicted octanol–water partition coefficient (Wildman–Crippen LogP) is 3.03. The Morgan fingerprint density at radius 2 is 2.25 bits per heavy atom. The van der Waals surface area contributed by atoms with Gasteiger partial charge in [0.2, 0.25) is 0 Å². The maximum atomic E-state index is 5.92. The number of hydrogen-bond acceptors (Lipinski definition) is 3. The van der Waals surface area contributed by atoms with Crippen LogP contribution in [0.1, 0.15) is 24.8 Å². The molecule has 0 amide bonds. The summed E-state index contributed by atoms with van der Waals surface area (Å²) in [6.07, 6.45) is 4.04. The number of benzene rings is 1. The molecule has 1 aliphatic carbocycles. The molecule has 1 aromatic rings. The smallest absolute Gasteiger partial charge is 0.124 e. The molecule has 1 saturated carbocycles. The standard InChI is InChI=1S/C12H16BrNO2/c1-15-14-8-9-7-10(13)5-6-12(9)16-11-3-2-4-11/h5-7,11,14H,2-4,8H2,1H3. The van der Waals surface area contributed by atoms with Crippen LogP contribution in [-0.2, 0) is 11.4 Å². The molecule has 0 aromatic heterocycles. The molecule has 88 valence electrons. The van der Waals surface area contributed by atoms with Crippen LogP contribution >= 0.6 is 15.9 Å². The van der Waals surface area contributed by atoms with Crippen molar-refractivity contribution in [2.45, 2.75) is 31.9 Å². The summed E-state index contributed by atoms with van der Waals surface area (Å²) < 4.78 is 6.97. The van der Waals surface area contributed by atoms with E-state index in [2.05, 4.69) is 27.5 Å². The Labute approximate surface area is 104 Å². The van der Waals surface area contributed by atoms with E-state index < -0.39 is 0 Å². The Kier molecular flexibility index (Phi) is 4.21. The van der Waals surface area contributed by atoms with E-state index in [1.54, 1.807) is 7.11 Å². The molecule has 0 bridgehead atoms. The number of hydrogen-bond donors (Lipinski definition) is 1. The SMILES string of the molecule is CONCc1cc(Br)ccc1OC1CCC1. The third-order valence-corrected chi connectivity index (χ3v) is 3.27. The van der Waals surface area contributed by atoms with E-state index in [9.17, 15) is 0 Å². The van der Waals surface area contributed by atoms with E-state index in [0.29, 0.717) is 12.6 Å². The van der Waals surface area contributed by atoms with Gasteiger partial charge in [-0.3, -0.25) is 0 Å². The molecular formula is C12H16BrNO2. The third-order valence-electron chi connectivity index (χ3n) is 2.78. The Balaban J connectivity index is 2.07. The number of ether oxygens (including phenoxy) is 1. The first-order valence-corrected chi connectivity index (χ1v) is 6.30. The molecule has 0 saturated heterocycles. The highest BCUT2D eigenvalue weighted by molar-refractivity contribution is 9.10. The lowest BCUT2D eigenvalue weighted by molar-refractivity contribution is 0.0829. The van der Waals surface area contributed by atoms with E-state index in [1.807, 2.05) is 12.1 Å². The van der Waals surface area contributed by atoms with Gasteiger partial charge in [0.25, 0.3) is 0 Å². The van der Waals surface area contributed by atoms with Crippen LogP contribution in [-0.4, -0.2) is 13.2 Å². The van der Waals surface area contributed by atoms with E-state index in [-0.39, 0.29) is 0 Å². The van der Waals surface area contributed by atoms with Crippen molar-refractivity contribution in [3.05, 3.63) is 28.2 Å². The van der Waals surface area contributed by atoms with Gasteiger partial charge in [0.1, 0.15) is 5.75 Å². The maximum Gasteiger partial charge on any atom is 0.124 e. The number of hydroxylamine groups is 1. The number of halogens is 1. The highest BCUT2D eigenvalue weighted by atomic mass is 79.9. The molecule has 0 heterocycles. The minimum Gasteiger partial charge on any atom is -0.490 e. The molecule has 1 aromatic carbocycles. The Morgan fingerprint density at radius 3 is 2.88 bits per heavy atom. The third kappa shape index (κ3) is 2.97. The van der Waals surface area contributed by atoms with Crippen LogP contribution in [0, 0.1) is 0 Å². The van der Waals surface area contributed by atoms with Gasteiger partial charge in [-0.05, 0) is 37.5 Å². The minimum absolute atomic E-state index is 0.405. The van der Waals surface area contributed by atoms with Gasteiger partial charge in [-0.15, -0.1) is 0 Å². The molecule has 0 aliphatic heterocycles. The molecule has 1 N–H and O–H groups in total. The molecule has 16 heavy (non-hydrogen) atoms. The van der Waals surface area contributed by atoms with Crippen LogP contribution in [0.2, 0.25) is 0 Å². The lowest BCUT2D eigenvalue weighted by Gasteiger charge is -2.27. The molecule has 0 radical (unpaired) electrons. The summed E-state index contributed by atoms with van der Waals surface area (Å²) in [5.74, 6) is 0.956. The van der Waals surface area contributed by atoms with Gasteiger partial charge in [0.05, 0.1) is 13.2 Å². The zero-order valence-electron chi connectivity index (χ0n) is 9.33. The van der Waals surface area contributed by atoms with Gasteiger partial charge >= 0.3 is 0 Å². The van der Waals surface area contributed by atoms with Gasteiger partial charge in [-0.1, -0.05) is 15.9 Å². The van der Waals surface area contributed by atoms with Crippen molar-refractivity contribution < 1.29 is 9.57 Å². The Morgan fingerprint density at radius 1 is 1.44 bits per heavy atom. The van der Waals surface area contributed by atoms with Crippen LogP contribution in [0.15, 0.2) is 22.7 Å². The Bertz CT molecular complexity index is 353. The minimum atomic E-state index is 0.405. The van der Waals surface area contributed by atoms with Crippen molar-refractivity contribution >= 4 is 15.9 Å². The monoisotopic (exact) mass is 285 g/mol. The average molecular weight is 286 g/mol. The summed E-state index contributed by atoms with van der Waals surface area (Å²) in [7, 11) is 1.62. The topological polar surface area (TPSA) is 30.5 Å².